The van der Waals surface area contributed by atoms with Crippen LogP contribution in [-0.4, -0.2) is 28.6 Å². The summed E-state index contributed by atoms with van der Waals surface area (Å²) in [6.07, 6.45) is 0.203. The first kappa shape index (κ1) is 22.5. The summed E-state index contributed by atoms with van der Waals surface area (Å²) in [6.45, 7) is 2.40. The molecule has 1 N–H and O–H groups in total. The summed E-state index contributed by atoms with van der Waals surface area (Å²) in [5, 5.41) is 9.21. The second-order valence-corrected chi connectivity index (χ2v) is 8.37. The van der Waals surface area contributed by atoms with Crippen LogP contribution in [0.25, 0.3) is 11.1 Å². The molecule has 1 aliphatic heterocycles. The Labute approximate surface area is 192 Å². The molecule has 0 radical (unpaired) electrons. The lowest BCUT2D eigenvalue weighted by Crippen LogP contribution is -2.48. The summed E-state index contributed by atoms with van der Waals surface area (Å²) in [7, 11) is 0. The van der Waals surface area contributed by atoms with Gasteiger partial charge in [0.25, 0.3) is 0 Å². The number of benzene rings is 3. The summed E-state index contributed by atoms with van der Waals surface area (Å²) in [5.74, 6) is -1.19. The first-order valence-corrected chi connectivity index (χ1v) is 11.0. The number of carbonyl (C=O) groups is 2. The maximum Gasteiger partial charge on any atom is 0.411 e. The van der Waals surface area contributed by atoms with Crippen molar-refractivity contribution in [2.75, 3.05) is 6.54 Å². The molecule has 5 nitrogen and oxygen atoms in total. The molecule has 0 spiro atoms. The molecule has 1 aliphatic rings. The minimum atomic E-state index is -0.945. The maximum atomic E-state index is 13.2. The van der Waals surface area contributed by atoms with Gasteiger partial charge in [-0.1, -0.05) is 66.7 Å². The molecule has 1 heterocycles. The van der Waals surface area contributed by atoms with Gasteiger partial charge in [0.15, 0.2) is 0 Å². The van der Waals surface area contributed by atoms with Crippen molar-refractivity contribution in [3.63, 3.8) is 0 Å². The summed E-state index contributed by atoms with van der Waals surface area (Å²) in [4.78, 5) is 26.0. The molecule has 33 heavy (non-hydrogen) atoms. The summed E-state index contributed by atoms with van der Waals surface area (Å²) < 4.78 is 19.1. The number of carboxylic acids is 1. The smallest absolute Gasteiger partial charge is 0.411 e. The van der Waals surface area contributed by atoms with Gasteiger partial charge in [-0.2, -0.15) is 0 Å². The van der Waals surface area contributed by atoms with E-state index in [1.165, 1.54) is 12.1 Å². The summed E-state index contributed by atoms with van der Waals surface area (Å²) in [5.41, 5.74) is 2.70. The standard InChI is InChI=1S/C27H26FNO4/c1-19(20-7-9-21(10-8-20)22-11-13-24(28)14-12-22)29-18-17-27(33-26(29)32,16-15-25(30)31)23-5-3-2-4-6-23/h2-14,19H,15-18H2,1H3,(H,30,31)/t19-,27+/m0/s1. The Balaban J connectivity index is 1.51. The van der Waals surface area contributed by atoms with Gasteiger partial charge in [-0.3, -0.25) is 4.79 Å². The largest absolute Gasteiger partial charge is 0.481 e. The Morgan fingerprint density at radius 3 is 2.21 bits per heavy atom. The van der Waals surface area contributed by atoms with Crippen LogP contribution in [0, 0.1) is 5.82 Å². The molecular formula is C27H26FNO4. The van der Waals surface area contributed by atoms with Crippen molar-refractivity contribution < 1.29 is 23.8 Å². The Kier molecular flexibility index (Phi) is 6.45. The Morgan fingerprint density at radius 2 is 1.64 bits per heavy atom. The number of cyclic esters (lactones) is 1. The third-order valence-corrected chi connectivity index (χ3v) is 6.35. The zero-order valence-electron chi connectivity index (χ0n) is 18.4. The highest BCUT2D eigenvalue weighted by atomic mass is 19.1. The van der Waals surface area contributed by atoms with Crippen molar-refractivity contribution in [1.29, 1.82) is 0 Å². The van der Waals surface area contributed by atoms with Crippen molar-refractivity contribution in [2.24, 2.45) is 0 Å². The van der Waals surface area contributed by atoms with Crippen molar-refractivity contribution in [3.05, 3.63) is 95.8 Å². The van der Waals surface area contributed by atoms with Gasteiger partial charge < -0.3 is 14.7 Å². The van der Waals surface area contributed by atoms with E-state index in [4.69, 9.17) is 4.74 Å². The van der Waals surface area contributed by atoms with Gasteiger partial charge >= 0.3 is 12.1 Å². The van der Waals surface area contributed by atoms with Crippen LogP contribution in [0.4, 0.5) is 9.18 Å². The van der Waals surface area contributed by atoms with Crippen molar-refractivity contribution in [1.82, 2.24) is 4.90 Å². The Morgan fingerprint density at radius 1 is 1.03 bits per heavy atom. The van der Waals surface area contributed by atoms with Crippen LogP contribution >= 0.6 is 0 Å². The maximum absolute atomic E-state index is 13.2. The topological polar surface area (TPSA) is 66.8 Å². The fourth-order valence-corrected chi connectivity index (χ4v) is 4.37. The van der Waals surface area contributed by atoms with Crippen molar-refractivity contribution in [2.45, 2.75) is 37.8 Å². The SMILES string of the molecule is C[C@@H](c1ccc(-c2ccc(F)cc2)cc1)N1CC[C@](CCC(=O)O)(c2ccccc2)OC1=O. The first-order valence-electron chi connectivity index (χ1n) is 11.0. The lowest BCUT2D eigenvalue weighted by atomic mass is 9.84. The number of amides is 1. The van der Waals surface area contributed by atoms with E-state index in [1.807, 2.05) is 61.5 Å². The Bertz CT molecular complexity index is 1120. The fourth-order valence-electron chi connectivity index (χ4n) is 4.37. The van der Waals surface area contributed by atoms with E-state index in [0.29, 0.717) is 13.0 Å². The van der Waals surface area contributed by atoms with E-state index in [2.05, 4.69) is 0 Å². The molecule has 0 aromatic heterocycles. The molecule has 0 bridgehead atoms. The number of rotatable bonds is 7. The number of halogens is 1. The lowest BCUT2D eigenvalue weighted by molar-refractivity contribution is -0.139. The van der Waals surface area contributed by atoms with Crippen LogP contribution in [0.5, 0.6) is 0 Å². The molecule has 1 fully saturated rings. The van der Waals surface area contributed by atoms with Crippen molar-refractivity contribution >= 4 is 12.1 Å². The molecule has 1 saturated heterocycles. The van der Waals surface area contributed by atoms with Gasteiger partial charge in [0.05, 0.1) is 6.04 Å². The lowest BCUT2D eigenvalue weighted by Gasteiger charge is -2.43. The van der Waals surface area contributed by atoms with Crippen LogP contribution in [0.2, 0.25) is 0 Å². The van der Waals surface area contributed by atoms with Crippen LogP contribution in [0.3, 0.4) is 0 Å². The molecule has 0 unspecified atom stereocenters. The predicted molar refractivity (Wildman–Crippen MR) is 123 cm³/mol. The first-order chi connectivity index (χ1) is 15.9. The van der Waals surface area contributed by atoms with E-state index < -0.39 is 17.7 Å². The molecule has 3 aromatic carbocycles. The monoisotopic (exact) mass is 447 g/mol. The third kappa shape index (κ3) is 4.90. The number of nitrogens with zero attached hydrogens (tertiary/aromatic N) is 1. The normalized spacial score (nSPS) is 19.1. The van der Waals surface area contributed by atoms with Crippen LogP contribution < -0.4 is 0 Å². The van der Waals surface area contributed by atoms with Gasteiger partial charge in [-0.05, 0) is 41.3 Å². The number of hydrogen-bond acceptors (Lipinski definition) is 3. The minimum Gasteiger partial charge on any atom is -0.481 e. The zero-order chi connectivity index (χ0) is 23.4. The fraction of sp³-hybridized carbons (Fsp3) is 0.259. The number of hydrogen-bond donors (Lipinski definition) is 1. The number of carbonyl (C=O) groups excluding carboxylic acids is 1. The highest BCUT2D eigenvalue weighted by molar-refractivity contribution is 5.71. The quantitative estimate of drug-likeness (QED) is 0.471. The zero-order valence-corrected chi connectivity index (χ0v) is 18.4. The predicted octanol–water partition coefficient (Wildman–Crippen LogP) is 6.16. The number of ether oxygens (including phenoxy) is 1. The summed E-state index contributed by atoms with van der Waals surface area (Å²) in [6, 6.07) is 23.3. The molecule has 2 atom stereocenters. The Hall–Kier alpha value is -3.67. The molecule has 0 aliphatic carbocycles. The second-order valence-electron chi connectivity index (χ2n) is 8.37. The van der Waals surface area contributed by atoms with Crippen LogP contribution in [0.15, 0.2) is 78.9 Å². The molecule has 3 aromatic rings. The van der Waals surface area contributed by atoms with Crippen LogP contribution in [-0.2, 0) is 15.1 Å². The second kappa shape index (κ2) is 9.45. The van der Waals surface area contributed by atoms with Gasteiger partial charge in [-0.15, -0.1) is 0 Å². The third-order valence-electron chi connectivity index (χ3n) is 6.35. The van der Waals surface area contributed by atoms with Gasteiger partial charge in [0.2, 0.25) is 0 Å². The molecule has 170 valence electrons. The highest BCUT2D eigenvalue weighted by Crippen LogP contribution is 2.40. The van der Waals surface area contributed by atoms with E-state index >= 15 is 0 Å². The van der Waals surface area contributed by atoms with E-state index in [9.17, 15) is 19.1 Å². The number of carboxylic acid groups (broad SMARTS) is 1. The molecule has 0 saturated carbocycles. The molecule has 6 heteroatoms. The highest BCUT2D eigenvalue weighted by Gasteiger charge is 2.43. The molecule has 4 rings (SSSR count). The summed E-state index contributed by atoms with van der Waals surface area (Å²) >= 11 is 0. The number of aliphatic carboxylic acids is 1. The van der Waals surface area contributed by atoms with Crippen LogP contribution in [0.1, 0.15) is 43.4 Å². The van der Waals surface area contributed by atoms with Crippen molar-refractivity contribution in [3.8, 4) is 11.1 Å². The molecular weight excluding hydrogens is 421 g/mol. The minimum absolute atomic E-state index is 0.0808. The van der Waals surface area contributed by atoms with Gasteiger partial charge in [0.1, 0.15) is 11.4 Å². The average molecular weight is 448 g/mol. The molecule has 1 amide bonds. The van der Waals surface area contributed by atoms with E-state index in [-0.39, 0.29) is 24.7 Å². The van der Waals surface area contributed by atoms with Gasteiger partial charge in [-0.25, -0.2) is 9.18 Å². The average Bonchev–Trinajstić information content (AvgIpc) is 2.83. The van der Waals surface area contributed by atoms with Gasteiger partial charge in [0, 0.05) is 25.8 Å². The van der Waals surface area contributed by atoms with E-state index in [1.54, 1.807) is 17.0 Å². The van der Waals surface area contributed by atoms with E-state index in [0.717, 1.165) is 22.3 Å².